The predicted octanol–water partition coefficient (Wildman–Crippen LogP) is 12.1. The molecule has 1 atom stereocenters. The maximum atomic E-state index is 12.1. The first-order valence-electron chi connectivity index (χ1n) is 19.1. The summed E-state index contributed by atoms with van der Waals surface area (Å²) in [6, 6.07) is 0. The molecule has 5 nitrogen and oxygen atoms in total. The molecule has 0 radical (unpaired) electrons. The Bertz CT molecular complexity index is 1100. The number of hydrogen-bond acceptors (Lipinski definition) is 5. The highest BCUT2D eigenvalue weighted by Gasteiger charge is 2.15. The van der Waals surface area contributed by atoms with Crippen LogP contribution in [0.5, 0.6) is 0 Å². The number of allylic oxidation sites excluding steroid dienone is 20. The molecule has 0 spiro atoms. The number of aliphatic hydroxyl groups is 1. The Morgan fingerprint density at radius 3 is 1.26 bits per heavy atom. The zero-order valence-corrected chi connectivity index (χ0v) is 31.3. The quantitative estimate of drug-likeness (QED) is 0.0433. The second kappa shape index (κ2) is 39.7. The first-order valence-corrected chi connectivity index (χ1v) is 19.1. The zero-order valence-electron chi connectivity index (χ0n) is 31.3. The minimum absolute atomic E-state index is 0.118. The number of esters is 2. The minimum atomic E-state index is -0.831. The summed E-state index contributed by atoms with van der Waals surface area (Å²) in [5, 5.41) is 9.54. The molecule has 0 aliphatic carbocycles. The molecule has 50 heavy (non-hydrogen) atoms. The van der Waals surface area contributed by atoms with Gasteiger partial charge in [-0.05, 0) is 89.9 Å². The lowest BCUT2D eigenvalue weighted by Gasteiger charge is -2.15. The summed E-state index contributed by atoms with van der Waals surface area (Å²) < 4.78 is 10.5. The first kappa shape index (κ1) is 46.3. The molecule has 0 saturated heterocycles. The average Bonchev–Trinajstić information content (AvgIpc) is 3.12. The Labute approximate surface area is 305 Å². The molecular formula is C45H68O5. The normalized spacial score (nSPS) is 13.6. The molecule has 0 aromatic heterocycles. The van der Waals surface area contributed by atoms with E-state index >= 15 is 0 Å². The van der Waals surface area contributed by atoms with Crippen molar-refractivity contribution in [3.63, 3.8) is 0 Å². The van der Waals surface area contributed by atoms with Crippen molar-refractivity contribution in [1.29, 1.82) is 0 Å². The summed E-state index contributed by atoms with van der Waals surface area (Å²) in [5.74, 6) is -0.732. The molecule has 278 valence electrons. The zero-order chi connectivity index (χ0) is 36.4. The topological polar surface area (TPSA) is 72.8 Å². The highest BCUT2D eigenvalue weighted by molar-refractivity contribution is 5.70. The van der Waals surface area contributed by atoms with Crippen LogP contribution in [0.25, 0.3) is 0 Å². The van der Waals surface area contributed by atoms with Gasteiger partial charge in [0.25, 0.3) is 0 Å². The van der Waals surface area contributed by atoms with Gasteiger partial charge in [0.1, 0.15) is 6.61 Å². The Morgan fingerprint density at radius 2 is 0.840 bits per heavy atom. The predicted molar refractivity (Wildman–Crippen MR) is 214 cm³/mol. The van der Waals surface area contributed by atoms with Gasteiger partial charge in [-0.25, -0.2) is 0 Å². The van der Waals surface area contributed by atoms with E-state index in [1.54, 1.807) is 0 Å². The third-order valence-electron chi connectivity index (χ3n) is 7.26. The lowest BCUT2D eigenvalue weighted by Crippen LogP contribution is -2.28. The third-order valence-corrected chi connectivity index (χ3v) is 7.26. The number of ether oxygens (including phenoxy) is 2. The van der Waals surface area contributed by atoms with Gasteiger partial charge in [0.05, 0.1) is 6.61 Å². The largest absolute Gasteiger partial charge is 0.462 e. The van der Waals surface area contributed by atoms with Crippen LogP contribution in [0.4, 0.5) is 0 Å². The monoisotopic (exact) mass is 689 g/mol. The lowest BCUT2D eigenvalue weighted by molar-refractivity contribution is -0.161. The molecule has 5 heteroatoms. The van der Waals surface area contributed by atoms with E-state index in [1.165, 1.54) is 0 Å². The third kappa shape index (κ3) is 37.1. The fourth-order valence-corrected chi connectivity index (χ4v) is 4.45. The van der Waals surface area contributed by atoms with Gasteiger partial charge in [0.15, 0.2) is 6.10 Å². The molecule has 0 aromatic rings. The van der Waals surface area contributed by atoms with Crippen LogP contribution in [0.15, 0.2) is 122 Å². The Morgan fingerprint density at radius 1 is 0.460 bits per heavy atom. The molecule has 0 rings (SSSR count). The lowest BCUT2D eigenvalue weighted by atomic mass is 10.1. The fraction of sp³-hybridized carbons (Fsp3) is 0.511. The van der Waals surface area contributed by atoms with Crippen molar-refractivity contribution in [2.45, 2.75) is 136 Å². The molecule has 0 fully saturated rings. The maximum Gasteiger partial charge on any atom is 0.306 e. The van der Waals surface area contributed by atoms with Gasteiger partial charge in [-0.3, -0.25) is 9.59 Å². The summed E-state index contributed by atoms with van der Waals surface area (Å²) in [7, 11) is 0. The van der Waals surface area contributed by atoms with Crippen molar-refractivity contribution in [1.82, 2.24) is 0 Å². The van der Waals surface area contributed by atoms with Gasteiger partial charge in [-0.1, -0.05) is 148 Å². The average molecular weight is 689 g/mol. The molecule has 1 N–H and O–H groups in total. The van der Waals surface area contributed by atoms with Gasteiger partial charge in [-0.2, -0.15) is 0 Å². The van der Waals surface area contributed by atoms with Crippen LogP contribution in [0.1, 0.15) is 129 Å². The smallest absolute Gasteiger partial charge is 0.306 e. The number of rotatable bonds is 32. The van der Waals surface area contributed by atoms with Crippen LogP contribution in [-0.4, -0.2) is 36.4 Å². The number of carbonyl (C=O) groups is 2. The standard InChI is InChI=1S/C45H68O5/c1-3-5-7-9-11-13-15-17-19-21-22-24-26-28-30-32-34-36-38-40-45(48)50-43(41-46)42-49-44(47)39-37-35-33-31-29-27-25-23-20-18-16-14-12-10-8-6-4-2/h5-8,11-14,17-20,22,24-25,27-28,30,34,36,43,46H,3-4,9-10,15-16,21,23,26,29,31-33,35,37-42H2,1-2H3/b7-5-,8-6-,13-11-,14-12-,19-17-,20-18-,24-22-,27-25-,30-28-,36-34-. The van der Waals surface area contributed by atoms with E-state index in [0.29, 0.717) is 12.8 Å². The highest BCUT2D eigenvalue weighted by atomic mass is 16.6. The molecule has 1 unspecified atom stereocenters. The van der Waals surface area contributed by atoms with Crippen molar-refractivity contribution in [3.05, 3.63) is 122 Å². The number of carbonyl (C=O) groups excluding carboxylic acids is 2. The van der Waals surface area contributed by atoms with E-state index in [4.69, 9.17) is 9.47 Å². The fourth-order valence-electron chi connectivity index (χ4n) is 4.45. The molecule has 0 saturated carbocycles. The highest BCUT2D eigenvalue weighted by Crippen LogP contribution is 2.08. The number of hydrogen-bond donors (Lipinski definition) is 1. The summed E-state index contributed by atoms with van der Waals surface area (Å²) >= 11 is 0. The number of unbranched alkanes of at least 4 members (excludes halogenated alkanes) is 4. The minimum Gasteiger partial charge on any atom is -0.462 e. The molecule has 0 amide bonds. The van der Waals surface area contributed by atoms with Gasteiger partial charge >= 0.3 is 11.9 Å². The van der Waals surface area contributed by atoms with E-state index in [2.05, 4.69) is 123 Å². The van der Waals surface area contributed by atoms with Crippen LogP contribution in [0, 0.1) is 0 Å². The van der Waals surface area contributed by atoms with Crippen molar-refractivity contribution in [2.24, 2.45) is 0 Å². The van der Waals surface area contributed by atoms with Gasteiger partial charge in [0.2, 0.25) is 0 Å². The SMILES string of the molecule is CC/C=C\C/C=C\C/C=C\C/C=C\C/C=C\C/C=C\CCC(=O)OC(CO)COC(=O)CCCCCC/C=C\C/C=C\C/C=C\C/C=C\CC. The molecule has 0 aliphatic heterocycles. The van der Waals surface area contributed by atoms with Crippen molar-refractivity contribution >= 4 is 11.9 Å². The number of aliphatic hydroxyl groups excluding tert-OH is 1. The summed E-state index contributed by atoms with van der Waals surface area (Å²) in [5.41, 5.74) is 0. The van der Waals surface area contributed by atoms with Crippen LogP contribution in [-0.2, 0) is 19.1 Å². The van der Waals surface area contributed by atoms with E-state index in [-0.39, 0.29) is 25.6 Å². The summed E-state index contributed by atoms with van der Waals surface area (Å²) in [6.07, 6.45) is 58.3. The van der Waals surface area contributed by atoms with Gasteiger partial charge < -0.3 is 14.6 Å². The molecule has 0 aliphatic rings. The van der Waals surface area contributed by atoms with E-state index in [9.17, 15) is 14.7 Å². The second-order valence-corrected chi connectivity index (χ2v) is 11.9. The first-order chi connectivity index (χ1) is 24.6. The summed E-state index contributed by atoms with van der Waals surface area (Å²) in [4.78, 5) is 24.2. The molecule has 0 heterocycles. The van der Waals surface area contributed by atoms with Crippen LogP contribution in [0.3, 0.4) is 0 Å². The van der Waals surface area contributed by atoms with Gasteiger partial charge in [0, 0.05) is 12.8 Å². The van der Waals surface area contributed by atoms with Crippen molar-refractivity contribution in [3.8, 4) is 0 Å². The Hall–Kier alpha value is -3.70. The molecule has 0 bridgehead atoms. The van der Waals surface area contributed by atoms with Crippen LogP contribution in [0.2, 0.25) is 0 Å². The van der Waals surface area contributed by atoms with E-state index in [1.807, 2.05) is 12.2 Å². The van der Waals surface area contributed by atoms with E-state index in [0.717, 1.165) is 96.3 Å². The molecule has 0 aromatic carbocycles. The van der Waals surface area contributed by atoms with Crippen molar-refractivity contribution in [2.75, 3.05) is 13.2 Å². The Balaban J connectivity index is 3.80. The van der Waals surface area contributed by atoms with Crippen LogP contribution < -0.4 is 0 Å². The maximum absolute atomic E-state index is 12.1. The van der Waals surface area contributed by atoms with Gasteiger partial charge in [-0.15, -0.1) is 0 Å². The summed E-state index contributed by atoms with van der Waals surface area (Å²) in [6.45, 7) is 3.79. The Kier molecular flexibility index (Phi) is 36.8. The van der Waals surface area contributed by atoms with Crippen LogP contribution >= 0.6 is 0 Å². The molecular weight excluding hydrogens is 620 g/mol. The second-order valence-electron chi connectivity index (χ2n) is 11.9. The van der Waals surface area contributed by atoms with E-state index < -0.39 is 12.1 Å². The van der Waals surface area contributed by atoms with Crippen molar-refractivity contribution < 1.29 is 24.2 Å².